The molecular weight excluding hydrogens is 477 g/mol. The van der Waals surface area contributed by atoms with Crippen LogP contribution in [0.1, 0.15) is 24.0 Å². The Hall–Kier alpha value is -1.80. The van der Waals surface area contributed by atoms with Crippen molar-refractivity contribution in [3.05, 3.63) is 53.6 Å². The molecule has 6 heteroatoms. The lowest BCUT2D eigenvalue weighted by molar-refractivity contribution is 0.0675. The lowest BCUT2D eigenvalue weighted by Crippen LogP contribution is -2.40. The molecule has 0 spiro atoms. The number of fused-ring (bicyclic) bond motifs is 1. The molecule has 2 aliphatic heterocycles. The Morgan fingerprint density at radius 3 is 2.52 bits per heavy atom. The van der Waals surface area contributed by atoms with Crippen molar-refractivity contribution in [2.24, 2.45) is 10.9 Å². The van der Waals surface area contributed by atoms with Crippen molar-refractivity contribution in [3.63, 3.8) is 0 Å². The third kappa shape index (κ3) is 5.85. The minimum Gasteiger partial charge on any atom is -0.493 e. The molecule has 156 valence electrons. The summed E-state index contributed by atoms with van der Waals surface area (Å²) in [7, 11) is 1.82. The first-order valence-electron chi connectivity index (χ1n) is 10.2. The predicted molar refractivity (Wildman–Crippen MR) is 128 cm³/mol. The molecule has 0 radical (unpaired) electrons. The van der Waals surface area contributed by atoms with E-state index in [1.807, 2.05) is 7.05 Å². The lowest BCUT2D eigenvalue weighted by atomic mass is 10.0. The summed E-state index contributed by atoms with van der Waals surface area (Å²) in [5.41, 5.74) is 5.03. The molecule has 1 fully saturated rings. The van der Waals surface area contributed by atoms with Crippen molar-refractivity contribution in [2.75, 3.05) is 33.4 Å². The van der Waals surface area contributed by atoms with Gasteiger partial charge in [-0.05, 0) is 53.1 Å². The summed E-state index contributed by atoms with van der Waals surface area (Å²) in [6, 6.07) is 15.2. The highest BCUT2D eigenvalue weighted by atomic mass is 127. The van der Waals surface area contributed by atoms with Crippen LogP contribution in [0.25, 0.3) is 11.1 Å². The molecule has 0 bridgehead atoms. The Labute approximate surface area is 190 Å². The highest BCUT2D eigenvalue weighted by Gasteiger charge is 2.14. The zero-order valence-electron chi connectivity index (χ0n) is 16.9. The average Bonchev–Trinajstić information content (AvgIpc) is 3.23. The molecule has 2 heterocycles. The Bertz CT molecular complexity index is 817. The van der Waals surface area contributed by atoms with Crippen molar-refractivity contribution in [1.82, 2.24) is 10.6 Å². The van der Waals surface area contributed by atoms with Gasteiger partial charge in [0.1, 0.15) is 5.75 Å². The number of nitrogens with zero attached hydrogens (tertiary/aromatic N) is 1. The van der Waals surface area contributed by atoms with Crippen molar-refractivity contribution < 1.29 is 9.47 Å². The molecule has 0 aromatic heterocycles. The number of rotatable bonds is 5. The fourth-order valence-electron chi connectivity index (χ4n) is 3.78. The molecule has 2 aromatic rings. The first-order chi connectivity index (χ1) is 13.8. The Morgan fingerprint density at radius 1 is 1.00 bits per heavy atom. The zero-order valence-corrected chi connectivity index (χ0v) is 19.3. The summed E-state index contributed by atoms with van der Waals surface area (Å²) in [5.74, 6) is 2.56. The summed E-state index contributed by atoms with van der Waals surface area (Å²) in [6.07, 6.45) is 3.26. The summed E-state index contributed by atoms with van der Waals surface area (Å²) in [5, 5.41) is 6.85. The number of hydrogen-bond donors (Lipinski definition) is 2. The van der Waals surface area contributed by atoms with Crippen molar-refractivity contribution >= 4 is 29.9 Å². The Morgan fingerprint density at radius 2 is 1.76 bits per heavy atom. The predicted octanol–water partition coefficient (Wildman–Crippen LogP) is 4.00. The maximum atomic E-state index is 5.60. The van der Waals surface area contributed by atoms with Crippen molar-refractivity contribution in [2.45, 2.75) is 25.8 Å². The topological polar surface area (TPSA) is 54.9 Å². The highest BCUT2D eigenvalue weighted by molar-refractivity contribution is 14.0. The van der Waals surface area contributed by atoms with Crippen molar-refractivity contribution in [1.29, 1.82) is 0 Å². The number of aliphatic imine (C=N–C) groups is 1. The van der Waals surface area contributed by atoms with Crippen LogP contribution in [0.4, 0.5) is 0 Å². The van der Waals surface area contributed by atoms with Gasteiger partial charge in [0.15, 0.2) is 5.96 Å². The number of guanidine groups is 1. The van der Waals surface area contributed by atoms with Gasteiger partial charge in [-0.25, -0.2) is 0 Å². The molecule has 5 nitrogen and oxygen atoms in total. The smallest absolute Gasteiger partial charge is 0.191 e. The summed E-state index contributed by atoms with van der Waals surface area (Å²) in [4.78, 5) is 4.34. The number of halogens is 1. The van der Waals surface area contributed by atoms with E-state index in [1.54, 1.807) is 0 Å². The second-order valence-electron chi connectivity index (χ2n) is 7.48. The third-order valence-electron chi connectivity index (χ3n) is 5.56. The van der Waals surface area contributed by atoms with Crippen LogP contribution < -0.4 is 15.4 Å². The van der Waals surface area contributed by atoms with Gasteiger partial charge in [0.2, 0.25) is 0 Å². The second-order valence-corrected chi connectivity index (χ2v) is 7.48. The maximum Gasteiger partial charge on any atom is 0.191 e. The van der Waals surface area contributed by atoms with Gasteiger partial charge in [0.05, 0.1) is 6.61 Å². The van der Waals surface area contributed by atoms with E-state index in [0.29, 0.717) is 5.92 Å². The molecule has 29 heavy (non-hydrogen) atoms. The molecule has 0 aliphatic carbocycles. The molecular formula is C23H30IN3O2. The number of nitrogens with one attached hydrogen (secondary N) is 2. The van der Waals surface area contributed by atoms with E-state index in [9.17, 15) is 0 Å². The lowest BCUT2D eigenvalue weighted by Gasteiger charge is -2.23. The van der Waals surface area contributed by atoms with Crippen LogP contribution in [0.5, 0.6) is 5.75 Å². The minimum atomic E-state index is 0. The Balaban J connectivity index is 0.00000240. The van der Waals surface area contributed by atoms with Gasteiger partial charge < -0.3 is 20.1 Å². The molecule has 2 aromatic carbocycles. The molecule has 0 saturated carbocycles. The van der Waals surface area contributed by atoms with E-state index in [2.05, 4.69) is 58.1 Å². The molecule has 0 atom stereocenters. The van der Waals surface area contributed by atoms with E-state index in [-0.39, 0.29) is 24.0 Å². The van der Waals surface area contributed by atoms with E-state index >= 15 is 0 Å². The van der Waals surface area contributed by atoms with Crippen LogP contribution in [-0.4, -0.2) is 39.4 Å². The van der Waals surface area contributed by atoms with Crippen molar-refractivity contribution in [3.8, 4) is 16.9 Å². The van der Waals surface area contributed by atoms with E-state index in [0.717, 1.165) is 63.9 Å². The van der Waals surface area contributed by atoms with Gasteiger partial charge >= 0.3 is 0 Å². The highest BCUT2D eigenvalue weighted by Crippen LogP contribution is 2.30. The van der Waals surface area contributed by atoms with Gasteiger partial charge in [0.25, 0.3) is 0 Å². The fraction of sp³-hybridized carbons (Fsp3) is 0.435. The summed E-state index contributed by atoms with van der Waals surface area (Å²) >= 11 is 0. The van der Waals surface area contributed by atoms with Gasteiger partial charge in [-0.1, -0.05) is 30.3 Å². The first-order valence-corrected chi connectivity index (χ1v) is 10.2. The molecule has 0 amide bonds. The van der Waals surface area contributed by atoms with Crippen LogP contribution in [0.2, 0.25) is 0 Å². The molecule has 2 N–H and O–H groups in total. The zero-order chi connectivity index (χ0) is 19.2. The number of benzene rings is 2. The number of hydrogen-bond acceptors (Lipinski definition) is 3. The minimum absolute atomic E-state index is 0. The van der Waals surface area contributed by atoms with E-state index in [1.165, 1.54) is 22.3 Å². The van der Waals surface area contributed by atoms with Gasteiger partial charge in [-0.3, -0.25) is 4.99 Å². The van der Waals surface area contributed by atoms with Crippen LogP contribution in [0.3, 0.4) is 0 Å². The molecule has 0 unspecified atom stereocenters. The van der Waals surface area contributed by atoms with Gasteiger partial charge in [-0.15, -0.1) is 24.0 Å². The van der Waals surface area contributed by atoms with Crippen LogP contribution in [0, 0.1) is 5.92 Å². The standard InChI is InChI=1S/C23H29N3O2.HI/c1-24-23(26-16-18-8-11-27-12-9-18)25-15-17-2-4-19(5-3-17)20-6-7-22-21(14-20)10-13-28-22;/h2-7,14,18H,8-13,15-16H2,1H3,(H2,24,25,26);1H. The number of ether oxygens (including phenoxy) is 2. The van der Waals surface area contributed by atoms with Crippen LogP contribution in [-0.2, 0) is 17.7 Å². The summed E-state index contributed by atoms with van der Waals surface area (Å²) in [6.45, 7) is 4.26. The monoisotopic (exact) mass is 507 g/mol. The second kappa shape index (κ2) is 10.8. The van der Waals surface area contributed by atoms with E-state index in [4.69, 9.17) is 9.47 Å². The third-order valence-corrected chi connectivity index (χ3v) is 5.56. The average molecular weight is 507 g/mol. The molecule has 1 saturated heterocycles. The maximum absolute atomic E-state index is 5.60. The molecule has 4 rings (SSSR count). The van der Waals surface area contributed by atoms with Gasteiger partial charge in [0, 0.05) is 39.8 Å². The Kier molecular flexibility index (Phi) is 8.18. The van der Waals surface area contributed by atoms with Gasteiger partial charge in [-0.2, -0.15) is 0 Å². The van der Waals surface area contributed by atoms with E-state index < -0.39 is 0 Å². The fourth-order valence-corrected chi connectivity index (χ4v) is 3.78. The SMILES string of the molecule is CN=C(NCc1ccc(-c2ccc3c(c2)CCO3)cc1)NCC1CCOCC1.I. The quantitative estimate of drug-likeness (QED) is 0.365. The normalized spacial score (nSPS) is 16.5. The molecule has 2 aliphatic rings. The van der Waals surface area contributed by atoms with Crippen LogP contribution in [0.15, 0.2) is 47.5 Å². The summed E-state index contributed by atoms with van der Waals surface area (Å²) < 4.78 is 11.0. The largest absolute Gasteiger partial charge is 0.493 e. The first kappa shape index (κ1) is 21.9. The van der Waals surface area contributed by atoms with Crippen LogP contribution >= 0.6 is 24.0 Å².